The molecule has 0 spiro atoms. The number of aromatic nitrogens is 2. The molecule has 1 aliphatic heterocycles. The van der Waals surface area contributed by atoms with Gasteiger partial charge in [-0.05, 0) is 25.8 Å². The Morgan fingerprint density at radius 3 is 2.95 bits per heavy atom. The van der Waals surface area contributed by atoms with Gasteiger partial charge in [-0.25, -0.2) is 8.42 Å². The van der Waals surface area contributed by atoms with Crippen LogP contribution in [0.2, 0.25) is 0 Å². The topological polar surface area (TPSA) is 87.3 Å². The van der Waals surface area contributed by atoms with Crippen LogP contribution in [0.3, 0.4) is 0 Å². The third kappa shape index (κ3) is 3.45. The van der Waals surface area contributed by atoms with Crippen molar-refractivity contribution >= 4 is 10.0 Å². The van der Waals surface area contributed by atoms with E-state index in [0.717, 1.165) is 24.2 Å². The molecule has 1 atom stereocenters. The second-order valence-corrected chi connectivity index (χ2v) is 7.24. The molecule has 1 fully saturated rings. The molecule has 2 heterocycles. The minimum atomic E-state index is -3.53. The van der Waals surface area contributed by atoms with Gasteiger partial charge in [0, 0.05) is 38.0 Å². The zero-order valence-corrected chi connectivity index (χ0v) is 13.7. The summed E-state index contributed by atoms with van der Waals surface area (Å²) in [6.45, 7) is 6.74. The first-order valence-corrected chi connectivity index (χ1v) is 8.68. The van der Waals surface area contributed by atoms with Gasteiger partial charge in [0.25, 0.3) is 10.0 Å². The Morgan fingerprint density at radius 1 is 1.52 bits per heavy atom. The van der Waals surface area contributed by atoms with Crippen molar-refractivity contribution in [2.75, 3.05) is 33.4 Å². The van der Waals surface area contributed by atoms with E-state index in [0.29, 0.717) is 26.2 Å². The number of methoxy groups -OCH3 is 1. The molecule has 0 bridgehead atoms. The van der Waals surface area contributed by atoms with Crippen molar-refractivity contribution in [2.24, 2.45) is 5.92 Å². The molecule has 0 amide bonds. The second-order valence-electron chi connectivity index (χ2n) is 5.39. The lowest BCUT2D eigenvalue weighted by molar-refractivity contribution is 0.157. The van der Waals surface area contributed by atoms with Crippen LogP contribution >= 0.6 is 0 Å². The summed E-state index contributed by atoms with van der Waals surface area (Å²) in [7, 11) is -1.89. The second kappa shape index (κ2) is 6.87. The van der Waals surface area contributed by atoms with Crippen molar-refractivity contribution in [3.8, 4) is 0 Å². The molecule has 7 nitrogen and oxygen atoms in total. The van der Waals surface area contributed by atoms with E-state index in [4.69, 9.17) is 4.74 Å². The molecule has 1 aromatic rings. The minimum Gasteiger partial charge on any atom is -0.384 e. The van der Waals surface area contributed by atoms with E-state index in [1.807, 2.05) is 13.8 Å². The van der Waals surface area contributed by atoms with Gasteiger partial charge in [-0.2, -0.15) is 9.40 Å². The molecule has 120 valence electrons. The van der Waals surface area contributed by atoms with E-state index in [-0.39, 0.29) is 10.9 Å². The molecule has 0 saturated carbocycles. The first-order chi connectivity index (χ1) is 10.0. The maximum Gasteiger partial charge on any atom is 0.262 e. The lowest BCUT2D eigenvalue weighted by Gasteiger charge is -2.16. The Bertz CT molecular complexity index is 570. The maximum absolute atomic E-state index is 12.8. The summed E-state index contributed by atoms with van der Waals surface area (Å²) in [5.41, 5.74) is 1.52. The van der Waals surface area contributed by atoms with Crippen LogP contribution in [0.4, 0.5) is 0 Å². The van der Waals surface area contributed by atoms with Gasteiger partial charge in [0.05, 0.1) is 6.61 Å². The zero-order chi connectivity index (χ0) is 15.5. The molecule has 2 N–H and O–H groups in total. The standard InChI is InChI=1S/C13H24N4O3S/c1-4-14-7-12-10(2)15-16-13(12)21(18,19)17-6-5-11(8-17)9-20-3/h11,14H,4-9H2,1-3H3,(H,15,16). The zero-order valence-electron chi connectivity index (χ0n) is 12.8. The third-order valence-corrected chi connectivity index (χ3v) is 5.66. The Hall–Kier alpha value is -0.960. The lowest BCUT2D eigenvalue weighted by Crippen LogP contribution is -2.31. The molecular weight excluding hydrogens is 292 g/mol. The molecule has 2 rings (SSSR count). The van der Waals surface area contributed by atoms with E-state index in [2.05, 4.69) is 15.5 Å². The van der Waals surface area contributed by atoms with E-state index in [1.54, 1.807) is 7.11 Å². The van der Waals surface area contributed by atoms with E-state index < -0.39 is 10.0 Å². The highest BCUT2D eigenvalue weighted by Crippen LogP contribution is 2.26. The normalized spacial score (nSPS) is 20.2. The predicted octanol–water partition coefficient (Wildman–Crippen LogP) is 0.485. The number of rotatable bonds is 7. The fraction of sp³-hybridized carbons (Fsp3) is 0.769. The number of H-pyrrole nitrogens is 1. The average molecular weight is 316 g/mol. The van der Waals surface area contributed by atoms with Crippen molar-refractivity contribution < 1.29 is 13.2 Å². The summed E-state index contributed by atoms with van der Waals surface area (Å²) in [5.74, 6) is 0.266. The van der Waals surface area contributed by atoms with E-state index in [1.165, 1.54) is 4.31 Å². The summed E-state index contributed by atoms with van der Waals surface area (Å²) in [6, 6.07) is 0. The van der Waals surface area contributed by atoms with Gasteiger partial charge < -0.3 is 10.1 Å². The van der Waals surface area contributed by atoms with Crippen LogP contribution < -0.4 is 5.32 Å². The van der Waals surface area contributed by atoms with E-state index >= 15 is 0 Å². The third-order valence-electron chi connectivity index (χ3n) is 3.82. The van der Waals surface area contributed by atoms with Crippen molar-refractivity contribution in [1.82, 2.24) is 19.8 Å². The summed E-state index contributed by atoms with van der Waals surface area (Å²) in [5, 5.41) is 10.1. The van der Waals surface area contributed by atoms with Crippen LogP contribution in [-0.2, 0) is 21.3 Å². The van der Waals surface area contributed by atoms with Crippen LogP contribution in [0, 0.1) is 12.8 Å². The largest absolute Gasteiger partial charge is 0.384 e. The first-order valence-electron chi connectivity index (χ1n) is 7.24. The summed E-state index contributed by atoms with van der Waals surface area (Å²) < 4.78 is 32.1. The average Bonchev–Trinajstić information content (AvgIpc) is 3.05. The van der Waals surface area contributed by atoms with E-state index in [9.17, 15) is 8.42 Å². The Morgan fingerprint density at radius 2 is 2.29 bits per heavy atom. The number of hydrogen-bond donors (Lipinski definition) is 2. The minimum absolute atomic E-state index is 0.152. The number of ether oxygens (including phenoxy) is 1. The molecule has 1 unspecified atom stereocenters. The quantitative estimate of drug-likeness (QED) is 0.764. The number of aromatic amines is 1. The van der Waals surface area contributed by atoms with Gasteiger partial charge in [-0.3, -0.25) is 5.10 Å². The van der Waals surface area contributed by atoms with Gasteiger partial charge in [0.1, 0.15) is 0 Å². The fourth-order valence-electron chi connectivity index (χ4n) is 2.61. The number of aryl methyl sites for hydroxylation is 1. The highest BCUT2D eigenvalue weighted by Gasteiger charge is 2.35. The molecule has 8 heteroatoms. The van der Waals surface area contributed by atoms with Crippen molar-refractivity contribution in [3.63, 3.8) is 0 Å². The number of hydrogen-bond acceptors (Lipinski definition) is 5. The SMILES string of the molecule is CCNCc1c(S(=O)(=O)N2CCC(COC)C2)n[nH]c1C. The Labute approximate surface area is 126 Å². The Kier molecular flexibility index (Phi) is 5.37. The van der Waals surface area contributed by atoms with Crippen molar-refractivity contribution in [3.05, 3.63) is 11.3 Å². The molecule has 1 saturated heterocycles. The van der Waals surface area contributed by atoms with Crippen molar-refractivity contribution in [2.45, 2.75) is 31.8 Å². The summed E-state index contributed by atoms with van der Waals surface area (Å²) in [6.07, 6.45) is 0.832. The van der Waals surface area contributed by atoms with Crippen LogP contribution in [0.1, 0.15) is 24.6 Å². The van der Waals surface area contributed by atoms with Gasteiger partial charge >= 0.3 is 0 Å². The molecule has 0 radical (unpaired) electrons. The predicted molar refractivity (Wildman–Crippen MR) is 79.4 cm³/mol. The van der Waals surface area contributed by atoms with Crippen LogP contribution in [0.25, 0.3) is 0 Å². The molecule has 1 aliphatic rings. The van der Waals surface area contributed by atoms with Gasteiger partial charge in [-0.15, -0.1) is 0 Å². The molecule has 21 heavy (non-hydrogen) atoms. The monoisotopic (exact) mass is 316 g/mol. The highest BCUT2D eigenvalue weighted by molar-refractivity contribution is 7.89. The first kappa shape index (κ1) is 16.4. The molecule has 1 aromatic heterocycles. The molecule has 0 aliphatic carbocycles. The van der Waals surface area contributed by atoms with Gasteiger partial charge in [-0.1, -0.05) is 6.92 Å². The fourth-order valence-corrected chi connectivity index (χ4v) is 4.31. The number of sulfonamides is 1. The highest BCUT2D eigenvalue weighted by atomic mass is 32.2. The lowest BCUT2D eigenvalue weighted by atomic mass is 10.1. The summed E-state index contributed by atoms with van der Waals surface area (Å²) in [4.78, 5) is 0. The van der Waals surface area contributed by atoms with Crippen LogP contribution in [-0.4, -0.2) is 56.3 Å². The van der Waals surface area contributed by atoms with Gasteiger partial charge in [0.2, 0.25) is 0 Å². The number of nitrogens with zero attached hydrogens (tertiary/aromatic N) is 2. The smallest absolute Gasteiger partial charge is 0.262 e. The number of nitrogens with one attached hydrogen (secondary N) is 2. The summed E-state index contributed by atoms with van der Waals surface area (Å²) >= 11 is 0. The maximum atomic E-state index is 12.8. The van der Waals surface area contributed by atoms with Gasteiger partial charge in [0.15, 0.2) is 5.03 Å². The molecular formula is C13H24N4O3S. The van der Waals surface area contributed by atoms with Crippen LogP contribution in [0.5, 0.6) is 0 Å². The van der Waals surface area contributed by atoms with Crippen LogP contribution in [0.15, 0.2) is 5.03 Å². The Balaban J connectivity index is 2.20. The molecule has 0 aromatic carbocycles. The van der Waals surface area contributed by atoms with Crippen molar-refractivity contribution in [1.29, 1.82) is 0 Å².